The van der Waals surface area contributed by atoms with Crippen LogP contribution in [0, 0.1) is 0 Å². The van der Waals surface area contributed by atoms with Gasteiger partial charge in [0.25, 0.3) is 5.91 Å². The number of imidazole rings is 1. The number of pyridine rings is 1. The number of carbonyl (C=O) groups excluding carboxylic acids is 1. The molecule has 0 aliphatic rings. The molecule has 0 saturated carbocycles. The van der Waals surface area contributed by atoms with Crippen LogP contribution < -0.4 is 5.32 Å². The van der Waals surface area contributed by atoms with E-state index in [1.807, 2.05) is 72.1 Å². The standard InChI is InChI=1S/C17H17BrN4O/c1-21(2)11-14-16(20-15-8-3-4-9-22(14)15)17(23)19-13-7-5-6-12(18)10-13/h3-10H,11H2,1-2H3,(H,19,23). The lowest BCUT2D eigenvalue weighted by molar-refractivity contribution is 0.102. The van der Waals surface area contributed by atoms with Gasteiger partial charge in [-0.15, -0.1) is 0 Å². The molecule has 1 N–H and O–H groups in total. The molecule has 23 heavy (non-hydrogen) atoms. The number of amides is 1. The number of rotatable bonds is 4. The highest BCUT2D eigenvalue weighted by Crippen LogP contribution is 2.19. The van der Waals surface area contributed by atoms with Gasteiger partial charge in [0, 0.05) is 22.9 Å². The van der Waals surface area contributed by atoms with Crippen LogP contribution in [0.4, 0.5) is 5.69 Å². The van der Waals surface area contributed by atoms with Crippen molar-refractivity contribution < 1.29 is 4.79 Å². The number of anilines is 1. The van der Waals surface area contributed by atoms with Gasteiger partial charge < -0.3 is 14.6 Å². The summed E-state index contributed by atoms with van der Waals surface area (Å²) in [6.45, 7) is 0.631. The Morgan fingerprint density at radius 2 is 2.09 bits per heavy atom. The van der Waals surface area contributed by atoms with Gasteiger partial charge in [0.15, 0.2) is 5.69 Å². The molecule has 0 radical (unpaired) electrons. The van der Waals surface area contributed by atoms with Crippen LogP contribution in [0.5, 0.6) is 0 Å². The number of fused-ring (bicyclic) bond motifs is 1. The third-order valence-electron chi connectivity index (χ3n) is 3.39. The first-order valence-corrected chi connectivity index (χ1v) is 8.01. The van der Waals surface area contributed by atoms with Crippen LogP contribution in [0.1, 0.15) is 16.2 Å². The fourth-order valence-electron chi connectivity index (χ4n) is 2.44. The minimum absolute atomic E-state index is 0.205. The molecule has 2 aromatic heterocycles. The van der Waals surface area contributed by atoms with Crippen molar-refractivity contribution >= 4 is 33.2 Å². The van der Waals surface area contributed by atoms with Gasteiger partial charge >= 0.3 is 0 Å². The van der Waals surface area contributed by atoms with E-state index >= 15 is 0 Å². The summed E-state index contributed by atoms with van der Waals surface area (Å²) in [5.41, 5.74) is 2.82. The second kappa shape index (κ2) is 6.52. The van der Waals surface area contributed by atoms with E-state index in [1.165, 1.54) is 0 Å². The number of aromatic nitrogens is 2. The van der Waals surface area contributed by atoms with Crippen LogP contribution in [0.25, 0.3) is 5.65 Å². The largest absolute Gasteiger partial charge is 0.321 e. The Bertz CT molecular complexity index is 857. The van der Waals surface area contributed by atoms with Crippen LogP contribution in [-0.4, -0.2) is 34.3 Å². The number of hydrogen-bond acceptors (Lipinski definition) is 3. The van der Waals surface area contributed by atoms with E-state index in [9.17, 15) is 4.79 Å². The molecular formula is C17H17BrN4O. The molecule has 6 heteroatoms. The summed E-state index contributed by atoms with van der Waals surface area (Å²) in [5, 5.41) is 2.91. The monoisotopic (exact) mass is 372 g/mol. The zero-order valence-electron chi connectivity index (χ0n) is 13.0. The van der Waals surface area contributed by atoms with Crippen LogP contribution in [0.2, 0.25) is 0 Å². The number of carbonyl (C=O) groups is 1. The molecule has 3 rings (SSSR count). The van der Waals surface area contributed by atoms with Crippen molar-refractivity contribution in [3.63, 3.8) is 0 Å². The molecule has 0 fully saturated rings. The lowest BCUT2D eigenvalue weighted by atomic mass is 10.2. The van der Waals surface area contributed by atoms with Gasteiger partial charge in [-0.2, -0.15) is 0 Å². The van der Waals surface area contributed by atoms with E-state index in [0.29, 0.717) is 12.2 Å². The van der Waals surface area contributed by atoms with E-state index in [0.717, 1.165) is 21.5 Å². The summed E-state index contributed by atoms with van der Waals surface area (Å²) in [6, 6.07) is 13.3. The predicted molar refractivity (Wildman–Crippen MR) is 94.7 cm³/mol. The maximum atomic E-state index is 12.7. The lowest BCUT2D eigenvalue weighted by Crippen LogP contribution is -2.19. The maximum absolute atomic E-state index is 12.7. The van der Waals surface area contributed by atoms with Crippen molar-refractivity contribution in [1.82, 2.24) is 14.3 Å². The van der Waals surface area contributed by atoms with Crippen LogP contribution in [-0.2, 0) is 6.54 Å². The summed E-state index contributed by atoms with van der Waals surface area (Å²) in [6.07, 6.45) is 1.93. The SMILES string of the molecule is CN(C)Cc1c(C(=O)Nc2cccc(Br)c2)nc2ccccn12. The molecule has 0 bridgehead atoms. The molecule has 0 aliphatic heterocycles. The second-order valence-electron chi connectivity index (χ2n) is 5.54. The first-order chi connectivity index (χ1) is 11.0. The Morgan fingerprint density at radius 3 is 2.83 bits per heavy atom. The summed E-state index contributed by atoms with van der Waals surface area (Å²) in [5.74, 6) is -0.205. The smallest absolute Gasteiger partial charge is 0.276 e. The number of nitrogens with zero attached hydrogens (tertiary/aromatic N) is 3. The Kier molecular flexibility index (Phi) is 4.45. The van der Waals surface area contributed by atoms with Gasteiger partial charge in [-0.25, -0.2) is 4.98 Å². The first-order valence-electron chi connectivity index (χ1n) is 7.22. The van der Waals surface area contributed by atoms with Crippen molar-refractivity contribution in [2.75, 3.05) is 19.4 Å². The Balaban J connectivity index is 1.99. The molecular weight excluding hydrogens is 356 g/mol. The third-order valence-corrected chi connectivity index (χ3v) is 3.89. The molecule has 0 saturated heterocycles. The minimum atomic E-state index is -0.205. The fraction of sp³-hybridized carbons (Fsp3) is 0.176. The number of halogens is 1. The Hall–Kier alpha value is -2.18. The summed E-state index contributed by atoms with van der Waals surface area (Å²) < 4.78 is 2.87. The van der Waals surface area contributed by atoms with Gasteiger partial charge in [0.05, 0.1) is 5.69 Å². The van der Waals surface area contributed by atoms with Crippen LogP contribution >= 0.6 is 15.9 Å². The zero-order valence-corrected chi connectivity index (χ0v) is 14.5. The van der Waals surface area contributed by atoms with Crippen LogP contribution in [0.3, 0.4) is 0 Å². The average Bonchev–Trinajstić information content (AvgIpc) is 2.86. The van der Waals surface area contributed by atoms with E-state index in [4.69, 9.17) is 0 Å². The van der Waals surface area contributed by atoms with Gasteiger partial charge in [0.2, 0.25) is 0 Å². The van der Waals surface area contributed by atoms with E-state index in [2.05, 4.69) is 26.2 Å². The van der Waals surface area contributed by atoms with Crippen molar-refractivity contribution in [3.8, 4) is 0 Å². The first kappa shape index (κ1) is 15.7. The van der Waals surface area contributed by atoms with E-state index in [1.54, 1.807) is 0 Å². The average molecular weight is 373 g/mol. The molecule has 5 nitrogen and oxygen atoms in total. The predicted octanol–water partition coefficient (Wildman–Crippen LogP) is 3.41. The van der Waals surface area contributed by atoms with E-state index < -0.39 is 0 Å². The third kappa shape index (κ3) is 3.43. The molecule has 2 heterocycles. The maximum Gasteiger partial charge on any atom is 0.276 e. The molecule has 0 unspecified atom stereocenters. The van der Waals surface area contributed by atoms with E-state index in [-0.39, 0.29) is 5.91 Å². The van der Waals surface area contributed by atoms with Gasteiger partial charge in [0.1, 0.15) is 5.65 Å². The Labute approximate surface area is 143 Å². The number of hydrogen-bond donors (Lipinski definition) is 1. The molecule has 3 aromatic rings. The minimum Gasteiger partial charge on any atom is -0.321 e. The van der Waals surface area contributed by atoms with Crippen LogP contribution in [0.15, 0.2) is 53.1 Å². The molecule has 118 valence electrons. The summed E-state index contributed by atoms with van der Waals surface area (Å²) in [4.78, 5) is 19.2. The molecule has 1 aromatic carbocycles. The van der Waals surface area contributed by atoms with Gasteiger partial charge in [-0.3, -0.25) is 4.79 Å². The van der Waals surface area contributed by atoms with Crippen molar-refractivity contribution in [2.24, 2.45) is 0 Å². The fourth-order valence-corrected chi connectivity index (χ4v) is 2.83. The number of benzene rings is 1. The zero-order chi connectivity index (χ0) is 16.4. The van der Waals surface area contributed by atoms with Crippen molar-refractivity contribution in [1.29, 1.82) is 0 Å². The summed E-state index contributed by atoms with van der Waals surface area (Å²) >= 11 is 3.41. The van der Waals surface area contributed by atoms with Crippen molar-refractivity contribution in [2.45, 2.75) is 6.54 Å². The number of nitrogens with one attached hydrogen (secondary N) is 1. The highest BCUT2D eigenvalue weighted by molar-refractivity contribution is 9.10. The van der Waals surface area contributed by atoms with Crippen molar-refractivity contribution in [3.05, 3.63) is 64.5 Å². The summed E-state index contributed by atoms with van der Waals surface area (Å²) in [7, 11) is 3.94. The van der Waals surface area contributed by atoms with Gasteiger partial charge in [-0.1, -0.05) is 28.1 Å². The molecule has 0 spiro atoms. The highest BCUT2D eigenvalue weighted by atomic mass is 79.9. The van der Waals surface area contributed by atoms with Gasteiger partial charge in [-0.05, 0) is 44.4 Å². The molecule has 0 aliphatic carbocycles. The Morgan fingerprint density at radius 1 is 1.26 bits per heavy atom. The lowest BCUT2D eigenvalue weighted by Gasteiger charge is -2.11. The molecule has 1 amide bonds. The quantitative estimate of drug-likeness (QED) is 0.763. The highest BCUT2D eigenvalue weighted by Gasteiger charge is 2.19. The molecule has 0 atom stereocenters. The topological polar surface area (TPSA) is 49.6 Å². The second-order valence-corrected chi connectivity index (χ2v) is 6.45. The normalized spacial score (nSPS) is 11.1.